The summed E-state index contributed by atoms with van der Waals surface area (Å²) in [6.07, 6.45) is -0.163. The molecule has 2 rings (SSSR count). The average Bonchev–Trinajstić information content (AvgIpc) is 2.75. The number of hydrazine groups is 1. The van der Waals surface area contributed by atoms with Gasteiger partial charge in [0.15, 0.2) is 6.10 Å². The quantitative estimate of drug-likeness (QED) is 0.510. The Morgan fingerprint density at radius 1 is 0.967 bits per heavy atom. The molecule has 0 aliphatic heterocycles. The Labute approximate surface area is 184 Å². The first-order valence-electron chi connectivity index (χ1n) is 9.69. The number of carbonyl (C=O) groups excluding carboxylic acids is 3. The molecule has 0 aliphatic carbocycles. The van der Waals surface area contributed by atoms with Crippen molar-refractivity contribution in [3.63, 3.8) is 0 Å². The molecule has 0 heterocycles. The third-order valence-corrected chi connectivity index (χ3v) is 5.10. The Morgan fingerprint density at radius 3 is 2.27 bits per heavy atom. The maximum atomic E-state index is 12.7. The number of ether oxygens (including phenoxy) is 1. The van der Waals surface area contributed by atoms with Crippen molar-refractivity contribution in [1.29, 1.82) is 0 Å². The van der Waals surface area contributed by atoms with Crippen LogP contribution in [0.3, 0.4) is 0 Å². The maximum Gasteiger partial charge on any atom is 0.279 e. The molecule has 0 aliphatic rings. The Balaban J connectivity index is 1.94. The van der Waals surface area contributed by atoms with Crippen molar-refractivity contribution < 1.29 is 19.1 Å². The van der Waals surface area contributed by atoms with Crippen molar-refractivity contribution in [3.8, 4) is 5.75 Å². The lowest BCUT2D eigenvalue weighted by Gasteiger charge is -2.24. The zero-order chi connectivity index (χ0) is 22.1. The van der Waals surface area contributed by atoms with Crippen LogP contribution >= 0.6 is 15.9 Å². The van der Waals surface area contributed by atoms with E-state index in [1.54, 1.807) is 49.4 Å². The van der Waals surface area contributed by atoms with Crippen molar-refractivity contribution in [3.05, 3.63) is 64.6 Å². The van der Waals surface area contributed by atoms with E-state index in [1.807, 2.05) is 26.0 Å². The van der Waals surface area contributed by atoms with E-state index < -0.39 is 24.0 Å². The first kappa shape index (κ1) is 23.4. The summed E-state index contributed by atoms with van der Waals surface area (Å²) in [5.74, 6) is -0.984. The molecule has 0 spiro atoms. The highest BCUT2D eigenvalue weighted by Crippen LogP contribution is 2.18. The van der Waals surface area contributed by atoms with Crippen LogP contribution in [-0.4, -0.2) is 29.9 Å². The molecule has 2 aromatic carbocycles. The summed E-state index contributed by atoms with van der Waals surface area (Å²) in [5, 5.41) is 2.74. The lowest BCUT2D eigenvalue weighted by atomic mass is 9.98. The maximum absolute atomic E-state index is 12.7. The van der Waals surface area contributed by atoms with Gasteiger partial charge in [0, 0.05) is 10.0 Å². The highest BCUT2D eigenvalue weighted by Gasteiger charge is 2.27. The normalized spacial score (nSPS) is 13.5. The molecule has 0 radical (unpaired) electrons. The highest BCUT2D eigenvalue weighted by molar-refractivity contribution is 9.10. The summed E-state index contributed by atoms with van der Waals surface area (Å²) in [5.41, 5.74) is 5.21. The van der Waals surface area contributed by atoms with Gasteiger partial charge in [0.2, 0.25) is 0 Å². The Hall–Kier alpha value is -2.87. The van der Waals surface area contributed by atoms with E-state index in [9.17, 15) is 14.4 Å². The van der Waals surface area contributed by atoms with Crippen LogP contribution in [0.5, 0.6) is 5.75 Å². The molecule has 0 fully saturated rings. The zero-order valence-corrected chi connectivity index (χ0v) is 18.7. The highest BCUT2D eigenvalue weighted by atomic mass is 79.9. The van der Waals surface area contributed by atoms with Crippen LogP contribution in [-0.2, 0) is 9.59 Å². The van der Waals surface area contributed by atoms with Gasteiger partial charge in [-0.15, -0.1) is 0 Å². The summed E-state index contributed by atoms with van der Waals surface area (Å²) in [6.45, 7) is 5.36. The predicted octanol–water partition coefficient (Wildman–Crippen LogP) is 3.21. The van der Waals surface area contributed by atoms with E-state index in [4.69, 9.17) is 4.74 Å². The molecule has 2 aromatic rings. The van der Waals surface area contributed by atoms with Crippen LogP contribution in [0, 0.1) is 5.92 Å². The molecule has 0 aromatic heterocycles. The molecule has 0 unspecified atom stereocenters. The minimum atomic E-state index is -0.833. The fraction of sp³-hybridized carbons (Fsp3) is 0.318. The first-order chi connectivity index (χ1) is 14.3. The van der Waals surface area contributed by atoms with Gasteiger partial charge >= 0.3 is 0 Å². The molecular weight excluding hydrogens is 450 g/mol. The van der Waals surface area contributed by atoms with Gasteiger partial charge in [0.25, 0.3) is 17.7 Å². The van der Waals surface area contributed by atoms with Gasteiger partial charge in [-0.1, -0.05) is 60.5 Å². The number of hydrogen-bond donors (Lipinski definition) is 3. The van der Waals surface area contributed by atoms with Crippen LogP contribution in [0.15, 0.2) is 59.1 Å². The Bertz CT molecular complexity index is 876. The summed E-state index contributed by atoms with van der Waals surface area (Å²) in [4.78, 5) is 37.4. The Morgan fingerprint density at radius 2 is 1.63 bits per heavy atom. The van der Waals surface area contributed by atoms with Crippen molar-refractivity contribution >= 4 is 33.7 Å². The van der Waals surface area contributed by atoms with Crippen molar-refractivity contribution in [1.82, 2.24) is 16.2 Å². The molecule has 0 saturated carbocycles. The standard InChI is InChI=1S/C22H26BrN3O4/c1-4-14(2)19(24-21(28)16-9-6-5-7-10-16)22(29)26-25-20(27)15(3)30-18-12-8-11-17(23)13-18/h5-15,19H,4H2,1-3H3,(H,24,28)(H,25,27)(H,26,29)/t14-,15-,19+/m1/s1. The SMILES string of the molecule is CC[C@@H](C)[C@H](NC(=O)c1ccccc1)C(=O)NNC(=O)[C@@H](C)Oc1cccc(Br)c1. The number of carbonyl (C=O) groups is 3. The number of benzene rings is 2. The average molecular weight is 476 g/mol. The van der Waals surface area contributed by atoms with Gasteiger partial charge in [-0.25, -0.2) is 0 Å². The van der Waals surface area contributed by atoms with Gasteiger partial charge in [-0.05, 0) is 43.2 Å². The Kier molecular flexibility index (Phi) is 8.86. The van der Waals surface area contributed by atoms with E-state index in [2.05, 4.69) is 32.1 Å². The molecule has 30 heavy (non-hydrogen) atoms. The second kappa shape index (κ2) is 11.3. The van der Waals surface area contributed by atoms with Gasteiger partial charge < -0.3 is 10.1 Å². The third kappa shape index (κ3) is 6.88. The molecule has 7 nitrogen and oxygen atoms in total. The van der Waals surface area contributed by atoms with Crippen LogP contribution in [0.1, 0.15) is 37.6 Å². The monoisotopic (exact) mass is 475 g/mol. The van der Waals surface area contributed by atoms with Crippen LogP contribution in [0.4, 0.5) is 0 Å². The minimum Gasteiger partial charge on any atom is -0.481 e. The fourth-order valence-corrected chi connectivity index (χ4v) is 2.99. The number of nitrogens with one attached hydrogen (secondary N) is 3. The van der Waals surface area contributed by atoms with Gasteiger partial charge in [0.1, 0.15) is 11.8 Å². The summed E-state index contributed by atoms with van der Waals surface area (Å²) in [7, 11) is 0. The lowest BCUT2D eigenvalue weighted by Crippen LogP contribution is -2.56. The summed E-state index contributed by atoms with van der Waals surface area (Å²) >= 11 is 3.34. The number of rotatable bonds is 8. The smallest absolute Gasteiger partial charge is 0.279 e. The third-order valence-electron chi connectivity index (χ3n) is 4.61. The van der Waals surface area contributed by atoms with Crippen LogP contribution in [0.25, 0.3) is 0 Å². The lowest BCUT2D eigenvalue weighted by molar-refractivity contribution is -0.133. The van der Waals surface area contributed by atoms with E-state index in [0.717, 1.165) is 4.47 Å². The van der Waals surface area contributed by atoms with Gasteiger partial charge in [-0.2, -0.15) is 0 Å². The molecule has 3 amide bonds. The largest absolute Gasteiger partial charge is 0.481 e. The van der Waals surface area contributed by atoms with Gasteiger partial charge in [-0.3, -0.25) is 25.2 Å². The summed E-state index contributed by atoms with van der Waals surface area (Å²) in [6, 6.07) is 14.9. The van der Waals surface area contributed by atoms with Crippen molar-refractivity contribution in [2.45, 2.75) is 39.3 Å². The fourth-order valence-electron chi connectivity index (χ4n) is 2.62. The zero-order valence-electron chi connectivity index (χ0n) is 17.1. The molecule has 8 heteroatoms. The summed E-state index contributed by atoms with van der Waals surface area (Å²) < 4.78 is 6.40. The van der Waals surface area contributed by atoms with Gasteiger partial charge in [0.05, 0.1) is 0 Å². The first-order valence-corrected chi connectivity index (χ1v) is 10.5. The van der Waals surface area contributed by atoms with E-state index in [-0.39, 0.29) is 11.8 Å². The molecule has 0 bridgehead atoms. The van der Waals surface area contributed by atoms with Crippen LogP contribution in [0.2, 0.25) is 0 Å². The number of amides is 3. The minimum absolute atomic E-state index is 0.134. The molecule has 0 saturated heterocycles. The van der Waals surface area contributed by atoms with Crippen LogP contribution < -0.4 is 20.9 Å². The predicted molar refractivity (Wildman–Crippen MR) is 118 cm³/mol. The van der Waals surface area contributed by atoms with E-state index in [0.29, 0.717) is 17.7 Å². The molecule has 3 atom stereocenters. The number of hydrogen-bond acceptors (Lipinski definition) is 4. The second-order valence-corrected chi connectivity index (χ2v) is 7.81. The van der Waals surface area contributed by atoms with Crippen molar-refractivity contribution in [2.24, 2.45) is 5.92 Å². The van der Waals surface area contributed by atoms with Crippen molar-refractivity contribution in [2.75, 3.05) is 0 Å². The molecule has 160 valence electrons. The van der Waals surface area contributed by atoms with E-state index >= 15 is 0 Å². The van der Waals surface area contributed by atoms with E-state index in [1.165, 1.54) is 0 Å². The molecular formula is C22H26BrN3O4. The molecule has 3 N–H and O–H groups in total. The second-order valence-electron chi connectivity index (χ2n) is 6.90. The topological polar surface area (TPSA) is 96.5 Å². The number of halogens is 1.